The maximum Gasteiger partial charge on any atom is 0.170 e. The molecule has 30 heavy (non-hydrogen) atoms. The number of allylic oxidation sites excluding steroid dienone is 2. The van der Waals surface area contributed by atoms with Crippen LogP contribution in [0.1, 0.15) is 43.7 Å². The van der Waals surface area contributed by atoms with Crippen molar-refractivity contribution in [2.75, 3.05) is 0 Å². The number of rotatable bonds is 3. The number of halogens is 3. The van der Waals surface area contributed by atoms with Crippen molar-refractivity contribution in [3.05, 3.63) is 63.9 Å². The molecule has 0 aliphatic heterocycles. The Hall–Kier alpha value is -2.20. The second kappa shape index (κ2) is 7.19. The van der Waals surface area contributed by atoms with Crippen molar-refractivity contribution in [3.63, 3.8) is 0 Å². The molecule has 0 aromatic heterocycles. The van der Waals surface area contributed by atoms with Crippen molar-refractivity contribution in [1.82, 2.24) is 0 Å². The third-order valence-electron chi connectivity index (χ3n) is 7.40. The molecule has 0 spiro atoms. The molecule has 2 aromatic carbocycles. The van der Waals surface area contributed by atoms with Gasteiger partial charge >= 0.3 is 0 Å². The number of hydrogen-bond donors (Lipinski definition) is 1. The van der Waals surface area contributed by atoms with Crippen LogP contribution in [0.2, 0.25) is 5.02 Å². The molecule has 3 saturated carbocycles. The van der Waals surface area contributed by atoms with Crippen molar-refractivity contribution in [3.8, 4) is 11.1 Å². The van der Waals surface area contributed by atoms with Crippen molar-refractivity contribution in [1.29, 1.82) is 0 Å². The van der Waals surface area contributed by atoms with E-state index in [1.807, 2.05) is 6.92 Å². The van der Waals surface area contributed by atoms with Gasteiger partial charge in [-0.05, 0) is 78.8 Å². The van der Waals surface area contributed by atoms with Gasteiger partial charge in [0.05, 0.1) is 11.1 Å². The van der Waals surface area contributed by atoms with Gasteiger partial charge in [0.2, 0.25) is 0 Å². The van der Waals surface area contributed by atoms with Gasteiger partial charge in [-0.3, -0.25) is 4.79 Å². The van der Waals surface area contributed by atoms with Crippen LogP contribution in [0.15, 0.2) is 36.1 Å². The zero-order chi connectivity index (χ0) is 21.2. The van der Waals surface area contributed by atoms with Gasteiger partial charge in [-0.1, -0.05) is 30.7 Å². The lowest BCUT2D eigenvalue weighted by Gasteiger charge is -2.44. The molecule has 2 atom stereocenters. The monoisotopic (exact) mass is 428 g/mol. The van der Waals surface area contributed by atoms with Gasteiger partial charge in [0.15, 0.2) is 5.78 Å². The standard InChI is InChI=1S/C25H23ClF2O2/c1-2-12-3-8-15(20-18(27)10-16(26)11-19(20)28)9-17(12)23-24(29)21-13-4-5-14(7-6-13)22(21)25(23)30/h3,8-11,13-14,21-22,29H,2,4-7H2,1H3/t13?,14?,21-,22+/m0/s1. The largest absolute Gasteiger partial charge is 0.511 e. The van der Waals surface area contributed by atoms with Crippen LogP contribution >= 0.6 is 11.6 Å². The lowest BCUT2D eigenvalue weighted by atomic mass is 9.59. The van der Waals surface area contributed by atoms with E-state index >= 15 is 0 Å². The van der Waals surface area contributed by atoms with Crippen molar-refractivity contribution in [2.24, 2.45) is 23.7 Å². The summed E-state index contributed by atoms with van der Waals surface area (Å²) in [4.78, 5) is 13.5. The van der Waals surface area contributed by atoms with Gasteiger partial charge in [-0.15, -0.1) is 0 Å². The van der Waals surface area contributed by atoms with Crippen LogP contribution < -0.4 is 0 Å². The Morgan fingerprint density at radius 3 is 2.17 bits per heavy atom. The lowest BCUT2D eigenvalue weighted by molar-refractivity contribution is -0.123. The number of ketones is 1. The summed E-state index contributed by atoms with van der Waals surface area (Å²) in [6.45, 7) is 1.97. The van der Waals surface area contributed by atoms with E-state index in [2.05, 4.69) is 0 Å². The summed E-state index contributed by atoms with van der Waals surface area (Å²) in [7, 11) is 0. The fourth-order valence-electron chi connectivity index (χ4n) is 6.04. The number of aliphatic hydroxyl groups is 1. The predicted molar refractivity (Wildman–Crippen MR) is 113 cm³/mol. The summed E-state index contributed by atoms with van der Waals surface area (Å²) in [6, 6.07) is 7.26. The summed E-state index contributed by atoms with van der Waals surface area (Å²) in [5.41, 5.74) is 2.00. The van der Waals surface area contributed by atoms with E-state index in [4.69, 9.17) is 11.6 Å². The first-order valence-corrected chi connectivity index (χ1v) is 11.0. The van der Waals surface area contributed by atoms with Gasteiger partial charge in [0.1, 0.15) is 17.4 Å². The molecule has 6 rings (SSSR count). The Morgan fingerprint density at radius 1 is 1.00 bits per heavy atom. The number of Topliss-reactive ketones (excluding diaryl/α,β-unsaturated/α-hetero) is 1. The molecule has 2 bridgehead atoms. The average Bonchev–Trinajstić information content (AvgIpc) is 3.00. The molecule has 4 aliphatic carbocycles. The first kappa shape index (κ1) is 19.7. The Morgan fingerprint density at radius 2 is 1.60 bits per heavy atom. The first-order valence-electron chi connectivity index (χ1n) is 10.7. The quantitative estimate of drug-likeness (QED) is 0.586. The SMILES string of the molecule is CCc1ccc(-c2c(F)cc(Cl)cc2F)cc1C1=C(O)[C@H]2C3CCC(CC3)[C@H]2C1=O. The topological polar surface area (TPSA) is 37.3 Å². The maximum absolute atomic E-state index is 14.5. The minimum Gasteiger partial charge on any atom is -0.511 e. The molecular weight excluding hydrogens is 406 g/mol. The number of benzene rings is 2. The van der Waals surface area contributed by atoms with E-state index < -0.39 is 11.6 Å². The Balaban J connectivity index is 1.66. The number of carbonyl (C=O) groups is 1. The van der Waals surface area contributed by atoms with Crippen LogP contribution in [-0.2, 0) is 11.2 Å². The van der Waals surface area contributed by atoms with E-state index in [0.29, 0.717) is 35.0 Å². The minimum atomic E-state index is -0.752. The molecule has 0 unspecified atom stereocenters. The van der Waals surface area contributed by atoms with Crippen LogP contribution in [0.3, 0.4) is 0 Å². The smallest absolute Gasteiger partial charge is 0.170 e. The van der Waals surface area contributed by atoms with Crippen LogP contribution in [0.25, 0.3) is 16.7 Å². The van der Waals surface area contributed by atoms with Crippen LogP contribution in [0.4, 0.5) is 8.78 Å². The molecule has 2 nitrogen and oxygen atoms in total. The van der Waals surface area contributed by atoms with Gasteiger partial charge in [0.25, 0.3) is 0 Å². The van der Waals surface area contributed by atoms with Crippen molar-refractivity contribution in [2.45, 2.75) is 39.0 Å². The summed E-state index contributed by atoms with van der Waals surface area (Å²) < 4.78 is 29.1. The van der Waals surface area contributed by atoms with Gasteiger partial charge in [-0.25, -0.2) is 8.78 Å². The highest BCUT2D eigenvalue weighted by Gasteiger charge is 2.54. The van der Waals surface area contributed by atoms with Crippen LogP contribution in [0.5, 0.6) is 0 Å². The summed E-state index contributed by atoms with van der Waals surface area (Å²) in [5, 5.41) is 11.1. The Bertz CT molecular complexity index is 1060. The molecular formula is C25H23ClF2O2. The highest BCUT2D eigenvalue weighted by Crippen LogP contribution is 2.57. The zero-order valence-corrected chi connectivity index (χ0v) is 17.5. The molecule has 0 heterocycles. The summed E-state index contributed by atoms with van der Waals surface area (Å²) in [5.74, 6) is -0.899. The highest BCUT2D eigenvalue weighted by atomic mass is 35.5. The second-order valence-corrected chi connectivity index (χ2v) is 9.26. The molecule has 0 amide bonds. The molecule has 2 aromatic rings. The predicted octanol–water partition coefficient (Wildman–Crippen LogP) is 6.75. The first-order chi connectivity index (χ1) is 14.4. The molecule has 156 valence electrons. The van der Waals surface area contributed by atoms with E-state index in [1.165, 1.54) is 0 Å². The van der Waals surface area contributed by atoms with Crippen molar-refractivity contribution >= 4 is 23.0 Å². The number of fused-ring (bicyclic) bond motifs is 2. The minimum absolute atomic E-state index is 0.00389. The summed E-state index contributed by atoms with van der Waals surface area (Å²) >= 11 is 5.77. The van der Waals surface area contributed by atoms with Crippen molar-refractivity contribution < 1.29 is 18.7 Å². The molecule has 1 N–H and O–H groups in total. The summed E-state index contributed by atoms with van der Waals surface area (Å²) in [6.07, 6.45) is 4.84. The van der Waals surface area contributed by atoms with E-state index in [-0.39, 0.29) is 34.0 Å². The molecule has 0 saturated heterocycles. The molecule has 5 heteroatoms. The van der Waals surface area contributed by atoms with E-state index in [9.17, 15) is 18.7 Å². The molecule has 4 aliphatic rings. The Labute approximate surface area is 179 Å². The van der Waals surface area contributed by atoms with Crippen LogP contribution in [0, 0.1) is 35.3 Å². The molecule has 0 radical (unpaired) electrons. The zero-order valence-electron chi connectivity index (χ0n) is 16.7. The van der Waals surface area contributed by atoms with Gasteiger partial charge in [-0.2, -0.15) is 0 Å². The second-order valence-electron chi connectivity index (χ2n) is 8.82. The number of aliphatic hydroxyl groups excluding tert-OH is 1. The third-order valence-corrected chi connectivity index (χ3v) is 7.61. The average molecular weight is 429 g/mol. The van der Waals surface area contributed by atoms with E-state index in [1.54, 1.807) is 18.2 Å². The van der Waals surface area contributed by atoms with Crippen LogP contribution in [-0.4, -0.2) is 10.9 Å². The fourth-order valence-corrected chi connectivity index (χ4v) is 6.23. The highest BCUT2D eigenvalue weighted by molar-refractivity contribution is 6.30. The van der Waals surface area contributed by atoms with E-state index in [0.717, 1.165) is 43.4 Å². The maximum atomic E-state index is 14.5. The molecule has 3 fully saturated rings. The number of aryl methyl sites for hydroxylation is 1. The normalized spacial score (nSPS) is 27.7. The number of hydrogen-bond acceptors (Lipinski definition) is 2. The lowest BCUT2D eigenvalue weighted by Crippen LogP contribution is -2.41. The number of carbonyl (C=O) groups excluding carboxylic acids is 1. The third kappa shape index (κ3) is 2.84. The fraction of sp³-hybridized carbons (Fsp3) is 0.400. The van der Waals surface area contributed by atoms with Gasteiger partial charge in [0, 0.05) is 16.9 Å². The Kier molecular flexibility index (Phi) is 4.73. The van der Waals surface area contributed by atoms with Gasteiger partial charge < -0.3 is 5.11 Å².